The van der Waals surface area contributed by atoms with Gasteiger partial charge in [-0.25, -0.2) is 9.97 Å². The van der Waals surface area contributed by atoms with Crippen LogP contribution in [0.15, 0.2) is 29.7 Å². The van der Waals surface area contributed by atoms with Crippen LogP contribution in [0, 0.1) is 0 Å². The average molecular weight is 451 g/mol. The van der Waals surface area contributed by atoms with Gasteiger partial charge in [-0.3, -0.25) is 0 Å². The lowest BCUT2D eigenvalue weighted by Gasteiger charge is -2.30. The lowest BCUT2D eigenvalue weighted by Crippen LogP contribution is -2.31. The van der Waals surface area contributed by atoms with Gasteiger partial charge in [-0.15, -0.1) is 11.3 Å². The third-order valence-electron chi connectivity index (χ3n) is 4.83. The SMILES string of the molecule is CC1(C)Cc2c(sc3nc(SCc4c(Cl)cccc4Cl)n4ncnc4c23)CO1. The molecule has 0 saturated carbocycles. The van der Waals surface area contributed by atoms with Crippen molar-refractivity contribution in [1.82, 2.24) is 19.6 Å². The normalized spacial score (nSPS) is 16.0. The summed E-state index contributed by atoms with van der Waals surface area (Å²) in [5.41, 5.74) is 2.83. The molecular formula is C19H16Cl2N4OS2. The summed E-state index contributed by atoms with van der Waals surface area (Å²) >= 11 is 15.9. The summed E-state index contributed by atoms with van der Waals surface area (Å²) < 4.78 is 7.79. The van der Waals surface area contributed by atoms with Crippen molar-refractivity contribution < 1.29 is 4.74 Å². The molecule has 0 unspecified atom stereocenters. The molecule has 1 aliphatic heterocycles. The number of nitrogens with zero attached hydrogens (tertiary/aromatic N) is 4. The van der Waals surface area contributed by atoms with E-state index in [1.807, 2.05) is 22.7 Å². The number of halogens is 2. The topological polar surface area (TPSA) is 52.3 Å². The molecule has 0 fully saturated rings. The molecule has 0 saturated heterocycles. The highest BCUT2D eigenvalue weighted by molar-refractivity contribution is 7.98. The zero-order chi connectivity index (χ0) is 19.5. The summed E-state index contributed by atoms with van der Waals surface area (Å²) in [5, 5.41) is 7.59. The number of ether oxygens (including phenoxy) is 1. The second-order valence-electron chi connectivity index (χ2n) is 7.29. The molecule has 0 radical (unpaired) electrons. The highest BCUT2D eigenvalue weighted by Crippen LogP contribution is 2.41. The first-order valence-corrected chi connectivity index (χ1v) is 11.3. The molecule has 0 amide bonds. The van der Waals surface area contributed by atoms with E-state index >= 15 is 0 Å². The summed E-state index contributed by atoms with van der Waals surface area (Å²) in [7, 11) is 0. The lowest BCUT2D eigenvalue weighted by atomic mass is 9.94. The molecule has 144 valence electrons. The molecule has 1 aliphatic rings. The van der Waals surface area contributed by atoms with Gasteiger partial charge in [0.25, 0.3) is 0 Å². The number of thioether (sulfide) groups is 1. The monoisotopic (exact) mass is 450 g/mol. The first-order chi connectivity index (χ1) is 13.4. The maximum absolute atomic E-state index is 6.32. The molecular weight excluding hydrogens is 435 g/mol. The number of hydrogen-bond donors (Lipinski definition) is 0. The van der Waals surface area contributed by atoms with Crippen molar-refractivity contribution >= 4 is 62.2 Å². The first-order valence-electron chi connectivity index (χ1n) is 8.76. The number of aromatic nitrogens is 4. The van der Waals surface area contributed by atoms with Gasteiger partial charge in [0, 0.05) is 27.1 Å². The van der Waals surface area contributed by atoms with Crippen LogP contribution in [0.1, 0.15) is 29.9 Å². The molecule has 9 heteroatoms. The van der Waals surface area contributed by atoms with Gasteiger partial charge < -0.3 is 4.74 Å². The molecule has 28 heavy (non-hydrogen) atoms. The fraction of sp³-hybridized carbons (Fsp3) is 0.316. The molecule has 0 spiro atoms. The van der Waals surface area contributed by atoms with Crippen LogP contribution in [0.5, 0.6) is 0 Å². The molecule has 5 rings (SSSR count). The smallest absolute Gasteiger partial charge is 0.192 e. The van der Waals surface area contributed by atoms with Crippen LogP contribution in [0.4, 0.5) is 0 Å². The van der Waals surface area contributed by atoms with Crippen molar-refractivity contribution in [2.24, 2.45) is 0 Å². The van der Waals surface area contributed by atoms with Crippen LogP contribution in [0.2, 0.25) is 10.0 Å². The Morgan fingerprint density at radius 2 is 2.07 bits per heavy atom. The third-order valence-corrected chi connectivity index (χ3v) is 7.59. The van der Waals surface area contributed by atoms with Crippen molar-refractivity contribution in [1.29, 1.82) is 0 Å². The minimum atomic E-state index is -0.188. The second-order valence-corrected chi connectivity index (χ2v) is 10.1. The second kappa shape index (κ2) is 6.85. The zero-order valence-corrected chi connectivity index (χ0v) is 18.3. The standard InChI is InChI=1S/C19H16Cl2N4OS2/c1-19(2)6-10-14(7-26-19)28-17-15(10)16-22-9-23-25(16)18(24-17)27-8-11-12(20)4-3-5-13(11)21/h3-5,9H,6-8H2,1-2H3. The third kappa shape index (κ3) is 3.09. The summed E-state index contributed by atoms with van der Waals surface area (Å²) in [5.74, 6) is 0.604. The van der Waals surface area contributed by atoms with Crippen LogP contribution < -0.4 is 0 Å². The zero-order valence-electron chi connectivity index (χ0n) is 15.2. The Kier molecular flexibility index (Phi) is 4.56. The van der Waals surface area contributed by atoms with Crippen molar-refractivity contribution in [2.75, 3.05) is 0 Å². The maximum atomic E-state index is 6.32. The molecule has 0 N–H and O–H groups in total. The van der Waals surface area contributed by atoms with Crippen molar-refractivity contribution in [3.8, 4) is 0 Å². The minimum Gasteiger partial charge on any atom is -0.370 e. The molecule has 0 atom stereocenters. The summed E-state index contributed by atoms with van der Waals surface area (Å²) in [6, 6.07) is 5.54. The molecule has 4 heterocycles. The van der Waals surface area contributed by atoms with Crippen LogP contribution in [0.3, 0.4) is 0 Å². The van der Waals surface area contributed by atoms with Crippen molar-refractivity contribution in [3.05, 3.63) is 50.6 Å². The van der Waals surface area contributed by atoms with E-state index in [1.165, 1.54) is 10.4 Å². The number of rotatable bonds is 3. The Morgan fingerprint density at radius 1 is 1.29 bits per heavy atom. The predicted molar refractivity (Wildman–Crippen MR) is 115 cm³/mol. The Labute approximate surface area is 180 Å². The lowest BCUT2D eigenvalue weighted by molar-refractivity contribution is -0.0379. The molecule has 1 aromatic carbocycles. The highest BCUT2D eigenvalue weighted by atomic mass is 35.5. The van der Waals surface area contributed by atoms with Crippen LogP contribution in [-0.4, -0.2) is 25.2 Å². The maximum Gasteiger partial charge on any atom is 0.192 e. The fourth-order valence-corrected chi connectivity index (χ4v) is 6.28. The van der Waals surface area contributed by atoms with Gasteiger partial charge in [0.05, 0.1) is 17.6 Å². The van der Waals surface area contributed by atoms with Gasteiger partial charge in [-0.2, -0.15) is 9.61 Å². The Bertz CT molecular complexity index is 1200. The average Bonchev–Trinajstić information content (AvgIpc) is 3.24. The van der Waals surface area contributed by atoms with E-state index in [0.29, 0.717) is 22.4 Å². The van der Waals surface area contributed by atoms with E-state index in [0.717, 1.165) is 33.0 Å². The number of thiophene rings is 1. The van der Waals surface area contributed by atoms with Gasteiger partial charge in [0.1, 0.15) is 11.2 Å². The molecule has 4 aromatic rings. The minimum absolute atomic E-state index is 0.188. The van der Waals surface area contributed by atoms with E-state index in [2.05, 4.69) is 23.9 Å². The van der Waals surface area contributed by atoms with E-state index in [1.54, 1.807) is 29.4 Å². The fourth-order valence-electron chi connectivity index (χ4n) is 3.43. The van der Waals surface area contributed by atoms with E-state index in [-0.39, 0.29) is 5.60 Å². The van der Waals surface area contributed by atoms with Gasteiger partial charge in [-0.1, -0.05) is 41.0 Å². The van der Waals surface area contributed by atoms with Crippen LogP contribution >= 0.6 is 46.3 Å². The Balaban J connectivity index is 1.60. The summed E-state index contributed by atoms with van der Waals surface area (Å²) in [6.07, 6.45) is 2.42. The Morgan fingerprint density at radius 3 is 2.86 bits per heavy atom. The number of benzene rings is 1. The van der Waals surface area contributed by atoms with Crippen molar-refractivity contribution in [3.63, 3.8) is 0 Å². The molecule has 0 aliphatic carbocycles. The van der Waals surface area contributed by atoms with Gasteiger partial charge in [0.2, 0.25) is 0 Å². The van der Waals surface area contributed by atoms with Gasteiger partial charge >= 0.3 is 0 Å². The first kappa shape index (κ1) is 18.6. The largest absolute Gasteiger partial charge is 0.370 e. The van der Waals surface area contributed by atoms with E-state index in [9.17, 15) is 0 Å². The van der Waals surface area contributed by atoms with Crippen molar-refractivity contribution in [2.45, 2.75) is 43.4 Å². The molecule has 3 aromatic heterocycles. The quantitative estimate of drug-likeness (QED) is 0.292. The number of fused-ring (bicyclic) bond motifs is 5. The summed E-state index contributed by atoms with van der Waals surface area (Å²) in [6.45, 7) is 4.85. The van der Waals surface area contributed by atoms with E-state index < -0.39 is 0 Å². The van der Waals surface area contributed by atoms with Crippen LogP contribution in [-0.2, 0) is 23.5 Å². The summed E-state index contributed by atoms with van der Waals surface area (Å²) in [4.78, 5) is 11.6. The predicted octanol–water partition coefficient (Wildman–Crippen LogP) is 5.79. The van der Waals surface area contributed by atoms with Gasteiger partial charge in [0.15, 0.2) is 10.8 Å². The van der Waals surface area contributed by atoms with Crippen LogP contribution in [0.25, 0.3) is 15.9 Å². The molecule has 5 nitrogen and oxygen atoms in total. The molecule has 0 bridgehead atoms. The Hall–Kier alpha value is -1.38. The number of hydrogen-bond acceptors (Lipinski definition) is 6. The van der Waals surface area contributed by atoms with Gasteiger partial charge in [-0.05, 0) is 37.1 Å². The highest BCUT2D eigenvalue weighted by Gasteiger charge is 2.31. The van der Waals surface area contributed by atoms with E-state index in [4.69, 9.17) is 32.9 Å².